The third-order valence-electron chi connectivity index (χ3n) is 4.86. The lowest BCUT2D eigenvalue weighted by Gasteiger charge is -2.20. The normalized spacial score (nSPS) is 13.9. The molecule has 2 aromatic rings. The highest BCUT2D eigenvalue weighted by molar-refractivity contribution is 7.99. The Labute approximate surface area is 173 Å². The molecule has 0 spiro atoms. The summed E-state index contributed by atoms with van der Waals surface area (Å²) in [7, 11) is -3.56. The molecule has 1 amide bonds. The molecule has 1 aliphatic rings. The van der Waals surface area contributed by atoms with Crippen molar-refractivity contribution in [3.63, 3.8) is 0 Å². The van der Waals surface area contributed by atoms with Crippen LogP contribution in [0.5, 0.6) is 0 Å². The third kappa shape index (κ3) is 4.46. The minimum atomic E-state index is -3.56. The second kappa shape index (κ2) is 8.81. The molecule has 29 heavy (non-hydrogen) atoms. The van der Waals surface area contributed by atoms with Gasteiger partial charge in [-0.15, -0.1) is 0 Å². The number of alkyl halides is 2. The van der Waals surface area contributed by atoms with Crippen LogP contribution < -0.4 is 4.90 Å². The second-order valence-corrected chi connectivity index (χ2v) is 9.49. The summed E-state index contributed by atoms with van der Waals surface area (Å²) in [5, 5.41) is 0. The Bertz CT molecular complexity index is 991. The van der Waals surface area contributed by atoms with Crippen molar-refractivity contribution in [3.8, 4) is 0 Å². The number of anilines is 1. The van der Waals surface area contributed by atoms with Crippen LogP contribution in [0.2, 0.25) is 0 Å². The number of benzene rings is 2. The Balaban J connectivity index is 1.83. The van der Waals surface area contributed by atoms with Crippen LogP contribution in [0.4, 0.5) is 14.5 Å². The molecule has 0 saturated heterocycles. The number of fused-ring (bicyclic) bond motifs is 1. The van der Waals surface area contributed by atoms with Gasteiger partial charge in [0, 0.05) is 35.8 Å². The van der Waals surface area contributed by atoms with Crippen LogP contribution in [0.3, 0.4) is 0 Å². The predicted molar refractivity (Wildman–Crippen MR) is 110 cm³/mol. The highest BCUT2D eigenvalue weighted by Gasteiger charge is 2.29. The van der Waals surface area contributed by atoms with Crippen LogP contribution in [0.15, 0.2) is 52.3 Å². The van der Waals surface area contributed by atoms with Gasteiger partial charge in [0.05, 0.1) is 4.90 Å². The van der Waals surface area contributed by atoms with Crippen molar-refractivity contribution < 1.29 is 22.0 Å². The first kappa shape index (κ1) is 21.7. The van der Waals surface area contributed by atoms with Crippen molar-refractivity contribution in [3.05, 3.63) is 53.6 Å². The summed E-state index contributed by atoms with van der Waals surface area (Å²) in [4.78, 5) is 15.1. The largest absolute Gasteiger partial charge is 0.308 e. The Kier molecular flexibility index (Phi) is 6.60. The molecule has 0 aliphatic carbocycles. The van der Waals surface area contributed by atoms with Crippen molar-refractivity contribution in [2.75, 3.05) is 24.5 Å². The molecule has 0 saturated carbocycles. The summed E-state index contributed by atoms with van der Waals surface area (Å²) >= 11 is 0.430. The molecule has 1 aliphatic heterocycles. The molecule has 0 aromatic heterocycles. The van der Waals surface area contributed by atoms with Crippen LogP contribution in [0.1, 0.15) is 29.8 Å². The van der Waals surface area contributed by atoms with Crippen LogP contribution >= 0.6 is 11.8 Å². The number of carbonyl (C=O) groups excluding carboxylic acids is 1. The van der Waals surface area contributed by atoms with Crippen LogP contribution in [-0.4, -0.2) is 44.0 Å². The fraction of sp³-hybridized carbons (Fsp3) is 0.350. The minimum Gasteiger partial charge on any atom is -0.308 e. The first-order valence-corrected chi connectivity index (χ1v) is 11.6. The number of nitrogens with zero attached hydrogens (tertiary/aromatic N) is 2. The first-order chi connectivity index (χ1) is 13.8. The van der Waals surface area contributed by atoms with Gasteiger partial charge in [-0.3, -0.25) is 4.79 Å². The summed E-state index contributed by atoms with van der Waals surface area (Å²) in [6.07, 6.45) is 0.558. The fourth-order valence-electron chi connectivity index (χ4n) is 3.40. The molecule has 156 valence electrons. The van der Waals surface area contributed by atoms with Gasteiger partial charge in [-0.1, -0.05) is 25.6 Å². The molecule has 0 fully saturated rings. The van der Waals surface area contributed by atoms with Crippen molar-refractivity contribution in [1.82, 2.24) is 4.31 Å². The fourth-order valence-corrected chi connectivity index (χ4v) is 5.41. The lowest BCUT2D eigenvalue weighted by Crippen LogP contribution is -2.30. The third-order valence-corrected chi connectivity index (χ3v) is 7.63. The monoisotopic (exact) mass is 440 g/mol. The summed E-state index contributed by atoms with van der Waals surface area (Å²) in [5.41, 5.74) is 1.88. The predicted octanol–water partition coefficient (Wildman–Crippen LogP) is 4.23. The van der Waals surface area contributed by atoms with E-state index in [1.54, 1.807) is 30.9 Å². The van der Waals surface area contributed by atoms with Crippen LogP contribution in [0, 0.1) is 0 Å². The van der Waals surface area contributed by atoms with Crippen molar-refractivity contribution in [2.24, 2.45) is 0 Å². The van der Waals surface area contributed by atoms with Gasteiger partial charge in [-0.05, 0) is 54.4 Å². The van der Waals surface area contributed by atoms with Crippen molar-refractivity contribution in [1.29, 1.82) is 0 Å². The average Bonchev–Trinajstić information content (AvgIpc) is 3.11. The van der Waals surface area contributed by atoms with Gasteiger partial charge in [-0.2, -0.15) is 13.1 Å². The van der Waals surface area contributed by atoms with Crippen molar-refractivity contribution >= 4 is 33.4 Å². The number of halogens is 2. The van der Waals surface area contributed by atoms with Gasteiger partial charge in [0.1, 0.15) is 0 Å². The number of sulfonamides is 1. The zero-order valence-electron chi connectivity index (χ0n) is 16.1. The summed E-state index contributed by atoms with van der Waals surface area (Å²) in [6, 6.07) is 10.9. The van der Waals surface area contributed by atoms with Gasteiger partial charge < -0.3 is 4.90 Å². The zero-order chi connectivity index (χ0) is 21.2. The molecule has 0 radical (unpaired) electrons. The molecule has 0 bridgehead atoms. The number of hydrogen-bond acceptors (Lipinski definition) is 4. The summed E-state index contributed by atoms with van der Waals surface area (Å²) < 4.78 is 51.7. The van der Waals surface area contributed by atoms with E-state index in [1.807, 2.05) is 0 Å². The highest BCUT2D eigenvalue weighted by Crippen LogP contribution is 2.33. The number of rotatable bonds is 7. The molecule has 9 heteroatoms. The average molecular weight is 441 g/mol. The maximum Gasteiger partial charge on any atom is 0.288 e. The van der Waals surface area contributed by atoms with E-state index >= 15 is 0 Å². The molecule has 0 atom stereocenters. The van der Waals surface area contributed by atoms with Gasteiger partial charge >= 0.3 is 0 Å². The number of amides is 1. The van der Waals surface area contributed by atoms with Gasteiger partial charge in [0.2, 0.25) is 10.0 Å². The number of carbonyl (C=O) groups is 1. The van der Waals surface area contributed by atoms with E-state index in [9.17, 15) is 22.0 Å². The molecule has 3 rings (SSSR count). The minimum absolute atomic E-state index is 0.225. The summed E-state index contributed by atoms with van der Waals surface area (Å²) in [6.45, 7) is 4.80. The molecule has 1 heterocycles. The smallest absolute Gasteiger partial charge is 0.288 e. The van der Waals surface area contributed by atoms with E-state index in [-0.39, 0.29) is 10.8 Å². The zero-order valence-corrected chi connectivity index (χ0v) is 17.8. The Morgan fingerprint density at radius 3 is 2.38 bits per heavy atom. The molecule has 2 aromatic carbocycles. The lowest BCUT2D eigenvalue weighted by atomic mass is 10.1. The summed E-state index contributed by atoms with van der Waals surface area (Å²) in [5.74, 6) is -2.75. The van der Waals surface area contributed by atoms with Crippen LogP contribution in [-0.2, 0) is 16.4 Å². The van der Waals surface area contributed by atoms with E-state index in [1.165, 1.54) is 34.6 Å². The molecular weight excluding hydrogens is 418 g/mol. The molecule has 5 nitrogen and oxygen atoms in total. The maximum atomic E-state index is 12.9. The number of hydrogen-bond donors (Lipinski definition) is 0. The van der Waals surface area contributed by atoms with Crippen molar-refractivity contribution in [2.45, 2.75) is 35.8 Å². The van der Waals surface area contributed by atoms with E-state index in [0.29, 0.717) is 54.0 Å². The second-order valence-electron chi connectivity index (χ2n) is 6.49. The molecule has 0 unspecified atom stereocenters. The Morgan fingerprint density at radius 2 is 1.79 bits per heavy atom. The standard InChI is InChI=1S/C20H22F2N2O3S2/c1-3-23(4-2)29(26,27)17-9-10-18-15(13-17)11-12-24(18)19(25)14-5-7-16(8-6-14)28-20(21)22/h5-10,13,20H,3-4,11-12H2,1-2H3. The highest BCUT2D eigenvalue weighted by atomic mass is 32.2. The maximum absolute atomic E-state index is 12.9. The number of thioether (sulfide) groups is 1. The van der Waals surface area contributed by atoms with Gasteiger partial charge in [-0.25, -0.2) is 8.42 Å². The van der Waals surface area contributed by atoms with Crippen LogP contribution in [0.25, 0.3) is 0 Å². The SMILES string of the molecule is CCN(CC)S(=O)(=O)c1ccc2c(c1)CCN2C(=O)c1ccc(SC(F)F)cc1. The van der Waals surface area contributed by atoms with E-state index in [4.69, 9.17) is 0 Å². The van der Waals surface area contributed by atoms with E-state index < -0.39 is 15.8 Å². The Hall–Kier alpha value is -1.97. The quantitative estimate of drug-likeness (QED) is 0.605. The van der Waals surface area contributed by atoms with Gasteiger partial charge in [0.15, 0.2) is 0 Å². The van der Waals surface area contributed by atoms with Gasteiger partial charge in [0.25, 0.3) is 11.7 Å². The lowest BCUT2D eigenvalue weighted by molar-refractivity contribution is 0.0989. The molecule has 0 N–H and O–H groups in total. The van der Waals surface area contributed by atoms with E-state index in [0.717, 1.165) is 5.56 Å². The first-order valence-electron chi connectivity index (χ1n) is 9.27. The Morgan fingerprint density at radius 1 is 1.14 bits per heavy atom. The molecular formula is C20H22F2N2O3S2. The topological polar surface area (TPSA) is 57.7 Å². The van der Waals surface area contributed by atoms with E-state index in [2.05, 4.69) is 0 Å².